The highest BCUT2D eigenvalue weighted by molar-refractivity contribution is 5.68. The summed E-state index contributed by atoms with van der Waals surface area (Å²) in [6.07, 6.45) is -0.288. The molecule has 1 fully saturated rings. The number of hydrazine groups is 1. The quantitative estimate of drug-likeness (QED) is 0.565. The second-order valence-electron chi connectivity index (χ2n) is 3.54. The molecule has 1 aliphatic heterocycles. The first kappa shape index (κ1) is 8.33. The minimum absolute atomic E-state index is 0.288. The van der Waals surface area contributed by atoms with Gasteiger partial charge in [0.25, 0.3) is 0 Å². The number of nitrogens with one attached hydrogen (secondary N) is 1. The minimum Gasteiger partial charge on any atom is -0.443 e. The third-order valence-electron chi connectivity index (χ3n) is 1.25. The molecule has 1 heterocycles. The van der Waals surface area contributed by atoms with Gasteiger partial charge in [0.2, 0.25) is 0 Å². The summed E-state index contributed by atoms with van der Waals surface area (Å²) in [6, 6.07) is 0. The van der Waals surface area contributed by atoms with Crippen molar-refractivity contribution in [2.45, 2.75) is 26.4 Å². The zero-order valence-corrected chi connectivity index (χ0v) is 7.18. The molecule has 1 aliphatic rings. The first-order valence-corrected chi connectivity index (χ1v) is 3.73. The van der Waals surface area contributed by atoms with Crippen LogP contribution >= 0.6 is 0 Å². The number of nitrogens with zero attached hydrogens (tertiary/aromatic N) is 1. The standard InChI is InChI=1S/C7H14N2O2/c1-7(2,3)11-6(10)9-5-4-8-9/h8H,4-5H2,1-3H3. The van der Waals surface area contributed by atoms with E-state index >= 15 is 0 Å². The van der Waals surface area contributed by atoms with Gasteiger partial charge in [0, 0.05) is 6.54 Å². The highest BCUT2D eigenvalue weighted by atomic mass is 16.6. The maximum absolute atomic E-state index is 11.1. The van der Waals surface area contributed by atoms with Crippen molar-refractivity contribution in [2.75, 3.05) is 13.1 Å². The molecule has 0 spiro atoms. The van der Waals surface area contributed by atoms with Crippen LogP contribution < -0.4 is 5.43 Å². The van der Waals surface area contributed by atoms with Gasteiger partial charge in [-0.25, -0.2) is 15.2 Å². The molecule has 4 heteroatoms. The van der Waals surface area contributed by atoms with Crippen LogP contribution in [0.1, 0.15) is 20.8 Å². The molecule has 1 rings (SSSR count). The molecule has 4 nitrogen and oxygen atoms in total. The van der Waals surface area contributed by atoms with E-state index in [-0.39, 0.29) is 6.09 Å². The average Bonchev–Trinajstić information content (AvgIpc) is 1.50. The summed E-state index contributed by atoms with van der Waals surface area (Å²) < 4.78 is 5.07. The Morgan fingerprint density at radius 3 is 2.36 bits per heavy atom. The molecule has 0 unspecified atom stereocenters. The minimum atomic E-state index is -0.394. The van der Waals surface area contributed by atoms with Gasteiger partial charge in [-0.05, 0) is 20.8 Å². The zero-order valence-electron chi connectivity index (χ0n) is 7.18. The predicted octanol–water partition coefficient (Wildman–Crippen LogP) is 0.742. The molecule has 0 bridgehead atoms. The van der Waals surface area contributed by atoms with E-state index in [9.17, 15) is 4.79 Å². The van der Waals surface area contributed by atoms with Crippen molar-refractivity contribution in [3.8, 4) is 0 Å². The number of carbonyl (C=O) groups excluding carboxylic acids is 1. The van der Waals surface area contributed by atoms with Gasteiger partial charge in [-0.3, -0.25) is 0 Å². The van der Waals surface area contributed by atoms with Gasteiger partial charge < -0.3 is 4.74 Å². The SMILES string of the molecule is CC(C)(C)OC(=O)N1CCN1. The van der Waals surface area contributed by atoms with Crippen molar-refractivity contribution in [3.63, 3.8) is 0 Å². The number of rotatable bonds is 0. The van der Waals surface area contributed by atoms with E-state index in [2.05, 4.69) is 5.43 Å². The Morgan fingerprint density at radius 1 is 1.55 bits per heavy atom. The lowest BCUT2D eigenvalue weighted by Crippen LogP contribution is -2.57. The second kappa shape index (κ2) is 2.70. The van der Waals surface area contributed by atoms with E-state index in [1.54, 1.807) is 0 Å². The monoisotopic (exact) mass is 158 g/mol. The molecular formula is C7H14N2O2. The van der Waals surface area contributed by atoms with Crippen LogP contribution in [0.2, 0.25) is 0 Å². The van der Waals surface area contributed by atoms with Gasteiger partial charge in [0.1, 0.15) is 5.60 Å². The maximum atomic E-state index is 11.1. The largest absolute Gasteiger partial charge is 0.443 e. The van der Waals surface area contributed by atoms with Crippen molar-refractivity contribution in [1.82, 2.24) is 10.4 Å². The summed E-state index contributed by atoms with van der Waals surface area (Å²) in [4.78, 5) is 11.1. The second-order valence-corrected chi connectivity index (χ2v) is 3.54. The van der Waals surface area contributed by atoms with Crippen molar-refractivity contribution in [3.05, 3.63) is 0 Å². The third kappa shape index (κ3) is 2.38. The number of hydrogen-bond donors (Lipinski definition) is 1. The highest BCUT2D eigenvalue weighted by Crippen LogP contribution is 2.09. The maximum Gasteiger partial charge on any atom is 0.424 e. The van der Waals surface area contributed by atoms with Crippen molar-refractivity contribution < 1.29 is 9.53 Å². The van der Waals surface area contributed by atoms with Gasteiger partial charge >= 0.3 is 6.09 Å². The summed E-state index contributed by atoms with van der Waals surface area (Å²) >= 11 is 0. The Balaban J connectivity index is 2.31. The molecule has 0 aromatic carbocycles. The Hall–Kier alpha value is -0.770. The normalized spacial score (nSPS) is 17.5. The Labute approximate surface area is 66.5 Å². The molecule has 1 N–H and O–H groups in total. The summed E-state index contributed by atoms with van der Waals surface area (Å²) in [5, 5.41) is 1.46. The van der Waals surface area contributed by atoms with Gasteiger partial charge in [0.15, 0.2) is 0 Å². The van der Waals surface area contributed by atoms with E-state index in [4.69, 9.17) is 4.74 Å². The molecule has 11 heavy (non-hydrogen) atoms. The molecule has 0 aliphatic carbocycles. The zero-order chi connectivity index (χ0) is 8.48. The van der Waals surface area contributed by atoms with E-state index in [1.807, 2.05) is 20.8 Å². The highest BCUT2D eigenvalue weighted by Gasteiger charge is 2.25. The lowest BCUT2D eigenvalue weighted by molar-refractivity contribution is -0.00404. The van der Waals surface area contributed by atoms with Crippen molar-refractivity contribution in [1.29, 1.82) is 0 Å². The summed E-state index contributed by atoms with van der Waals surface area (Å²) in [5.74, 6) is 0. The average molecular weight is 158 g/mol. The van der Waals surface area contributed by atoms with Gasteiger partial charge in [0.05, 0.1) is 6.54 Å². The van der Waals surface area contributed by atoms with Crippen LogP contribution in [0, 0.1) is 0 Å². The Kier molecular flexibility index (Phi) is 2.04. The fraction of sp³-hybridized carbons (Fsp3) is 0.857. The van der Waals surface area contributed by atoms with Crippen LogP contribution in [0.25, 0.3) is 0 Å². The molecule has 1 saturated heterocycles. The summed E-state index contributed by atoms with van der Waals surface area (Å²) in [7, 11) is 0. The smallest absolute Gasteiger partial charge is 0.424 e. The van der Waals surface area contributed by atoms with E-state index in [0.717, 1.165) is 13.1 Å². The van der Waals surface area contributed by atoms with Crippen LogP contribution in [0.3, 0.4) is 0 Å². The van der Waals surface area contributed by atoms with Crippen LogP contribution in [0.15, 0.2) is 0 Å². The van der Waals surface area contributed by atoms with E-state index in [1.165, 1.54) is 5.01 Å². The molecule has 0 saturated carbocycles. The fourth-order valence-electron chi connectivity index (χ4n) is 0.696. The first-order valence-electron chi connectivity index (χ1n) is 3.73. The van der Waals surface area contributed by atoms with Gasteiger partial charge in [-0.1, -0.05) is 0 Å². The van der Waals surface area contributed by atoms with Crippen molar-refractivity contribution >= 4 is 6.09 Å². The van der Waals surface area contributed by atoms with Crippen LogP contribution in [-0.2, 0) is 4.74 Å². The van der Waals surface area contributed by atoms with Gasteiger partial charge in [-0.2, -0.15) is 0 Å². The predicted molar refractivity (Wildman–Crippen MR) is 40.9 cm³/mol. The number of hydrogen-bond acceptors (Lipinski definition) is 3. The molecule has 0 radical (unpaired) electrons. The van der Waals surface area contributed by atoms with Gasteiger partial charge in [-0.15, -0.1) is 0 Å². The third-order valence-corrected chi connectivity index (χ3v) is 1.25. The first-order chi connectivity index (χ1) is 4.99. The van der Waals surface area contributed by atoms with Crippen molar-refractivity contribution in [2.24, 2.45) is 0 Å². The molecule has 64 valence electrons. The van der Waals surface area contributed by atoms with E-state index in [0.29, 0.717) is 0 Å². The molecule has 1 amide bonds. The fourth-order valence-corrected chi connectivity index (χ4v) is 0.696. The summed E-state index contributed by atoms with van der Waals surface area (Å²) in [6.45, 7) is 7.16. The molecule has 0 aromatic rings. The van der Waals surface area contributed by atoms with Crippen LogP contribution in [0.5, 0.6) is 0 Å². The lowest BCUT2D eigenvalue weighted by Gasteiger charge is -2.33. The molecular weight excluding hydrogens is 144 g/mol. The summed E-state index contributed by atoms with van der Waals surface area (Å²) in [5.41, 5.74) is 2.43. The van der Waals surface area contributed by atoms with E-state index < -0.39 is 5.60 Å². The Bertz CT molecular complexity index is 158. The number of ether oxygens (including phenoxy) is 1. The van der Waals surface area contributed by atoms with Crippen LogP contribution in [0.4, 0.5) is 4.79 Å². The topological polar surface area (TPSA) is 41.6 Å². The Morgan fingerprint density at radius 2 is 2.09 bits per heavy atom. The number of carbonyl (C=O) groups is 1. The lowest BCUT2D eigenvalue weighted by atomic mass is 10.2. The molecule has 0 aromatic heterocycles. The molecule has 0 atom stereocenters. The van der Waals surface area contributed by atoms with Crippen LogP contribution in [-0.4, -0.2) is 29.8 Å². The number of amides is 1.